The molecule has 0 spiro atoms. The quantitative estimate of drug-likeness (QED) is 0.0174. The fourth-order valence-electron chi connectivity index (χ4n) is 6.64. The molecule has 0 aliphatic carbocycles. The zero-order valence-electron chi connectivity index (χ0n) is 39.9. The number of phenols is 1. The number of primary amides is 2. The number of aliphatic hydroxyl groups excluding tert-OH is 1. The molecule has 1 aromatic carbocycles. The van der Waals surface area contributed by atoms with Crippen molar-refractivity contribution in [2.45, 2.75) is 140 Å². The van der Waals surface area contributed by atoms with Gasteiger partial charge in [0.25, 0.3) is 0 Å². The average Bonchev–Trinajstić information content (AvgIpc) is 3.27. The number of phenolic OH excluding ortho intramolecular Hbond substituents is 1. The van der Waals surface area contributed by atoms with Gasteiger partial charge < -0.3 is 81.2 Å². The van der Waals surface area contributed by atoms with Crippen LogP contribution in [-0.2, 0) is 54.4 Å². The van der Waals surface area contributed by atoms with Crippen molar-refractivity contribution >= 4 is 71.8 Å². The lowest BCUT2D eigenvalue weighted by Crippen LogP contribution is -2.61. The number of thiol groups is 1. The van der Waals surface area contributed by atoms with Crippen LogP contribution >= 0.6 is 12.6 Å². The summed E-state index contributed by atoms with van der Waals surface area (Å²) in [6.45, 7) is 6.44. The SMILES string of the molecule is CC(C)C[C@H](NC(=O)[C@H](CCC(N)=O)NC(=O)[C@H](CS)NC(=O)[C@H](CO)NC(=O)[C@@H](N)CC(C)C)C(=O)N[C@@H](Cc1ccc(O)cc1)C(=O)N[C@@H](CCC(N)=O)C(=O)N[C@@H](CCCNC(N)N)C(=O)O. The van der Waals surface area contributed by atoms with Gasteiger partial charge in [-0.3, -0.25) is 48.5 Å². The number of rotatable bonds is 34. The molecule has 0 radical (unpaired) electrons. The van der Waals surface area contributed by atoms with Crippen LogP contribution in [0.15, 0.2) is 24.3 Å². The van der Waals surface area contributed by atoms with Gasteiger partial charge in [-0.1, -0.05) is 39.8 Å². The van der Waals surface area contributed by atoms with Crippen molar-refractivity contribution in [2.75, 3.05) is 18.9 Å². The number of aliphatic hydroxyl groups is 1. The summed E-state index contributed by atoms with van der Waals surface area (Å²) in [6, 6.07) is -5.96. The maximum absolute atomic E-state index is 14.2. The molecule has 0 aliphatic rings. The largest absolute Gasteiger partial charge is 0.508 e. The van der Waals surface area contributed by atoms with E-state index < -0.39 is 133 Å². The molecule has 0 aromatic heterocycles. The van der Waals surface area contributed by atoms with E-state index in [9.17, 15) is 63.3 Å². The lowest BCUT2D eigenvalue weighted by atomic mass is 9.99. The first-order chi connectivity index (χ1) is 32.8. The summed E-state index contributed by atoms with van der Waals surface area (Å²) >= 11 is 4.14. The lowest BCUT2D eigenvalue weighted by Gasteiger charge is -2.28. The van der Waals surface area contributed by atoms with Crippen LogP contribution in [0.3, 0.4) is 0 Å². The maximum Gasteiger partial charge on any atom is 0.326 e. The highest BCUT2D eigenvalue weighted by Gasteiger charge is 2.35. The molecule has 0 fully saturated rings. The Labute approximate surface area is 411 Å². The topological polar surface area (TPSA) is 458 Å². The number of aromatic hydroxyl groups is 1. The molecule has 26 nitrogen and oxygen atoms in total. The van der Waals surface area contributed by atoms with Gasteiger partial charge in [0, 0.05) is 25.0 Å². The number of nitrogens with one attached hydrogen (secondary N) is 8. The van der Waals surface area contributed by atoms with Crippen LogP contribution in [0, 0.1) is 11.8 Å². The molecule has 1 aromatic rings. The van der Waals surface area contributed by atoms with Crippen LogP contribution in [-0.4, -0.2) is 148 Å². The molecule has 0 unspecified atom stereocenters. The zero-order valence-corrected chi connectivity index (χ0v) is 40.8. The predicted molar refractivity (Wildman–Crippen MR) is 257 cm³/mol. The fourth-order valence-corrected chi connectivity index (χ4v) is 6.90. The van der Waals surface area contributed by atoms with Crippen LogP contribution in [0.1, 0.15) is 84.6 Å². The number of benzene rings is 1. The summed E-state index contributed by atoms with van der Waals surface area (Å²) in [7, 11) is 0. The smallest absolute Gasteiger partial charge is 0.326 e. The Kier molecular flexibility index (Phi) is 28.2. The van der Waals surface area contributed by atoms with Crippen molar-refractivity contribution in [3.63, 3.8) is 0 Å². The van der Waals surface area contributed by atoms with Crippen LogP contribution in [0.4, 0.5) is 0 Å². The monoisotopic (exact) mass is 1010 g/mol. The van der Waals surface area contributed by atoms with E-state index in [0.717, 1.165) is 0 Å². The number of aliphatic carboxylic acids is 1. The van der Waals surface area contributed by atoms with Gasteiger partial charge in [0.2, 0.25) is 53.2 Å². The van der Waals surface area contributed by atoms with E-state index in [-0.39, 0.29) is 74.8 Å². The van der Waals surface area contributed by atoms with Crippen LogP contribution in [0.2, 0.25) is 0 Å². The van der Waals surface area contributed by atoms with Crippen LogP contribution < -0.4 is 71.2 Å². The first-order valence-electron chi connectivity index (χ1n) is 22.7. The van der Waals surface area contributed by atoms with Gasteiger partial charge in [-0.05, 0) is 74.6 Å². The molecular weight excluding hydrogens is 939 g/mol. The highest BCUT2D eigenvalue weighted by atomic mass is 32.1. The lowest BCUT2D eigenvalue weighted by molar-refractivity contribution is -0.142. The summed E-state index contributed by atoms with van der Waals surface area (Å²) in [5.41, 5.74) is 27.9. The Hall–Kier alpha value is -6.13. The Morgan fingerprint density at radius 2 is 0.971 bits per heavy atom. The first-order valence-corrected chi connectivity index (χ1v) is 23.3. The van der Waals surface area contributed by atoms with Crippen LogP contribution in [0.5, 0.6) is 5.75 Å². The highest BCUT2D eigenvalue weighted by molar-refractivity contribution is 7.80. The first kappa shape index (κ1) is 61.9. The summed E-state index contributed by atoms with van der Waals surface area (Å²) in [6.07, 6.45) is -2.40. The minimum Gasteiger partial charge on any atom is -0.508 e. The van der Waals surface area contributed by atoms with E-state index in [4.69, 9.17) is 28.7 Å². The third-order valence-corrected chi connectivity index (χ3v) is 10.7. The molecule has 0 bridgehead atoms. The van der Waals surface area contributed by atoms with E-state index in [1.54, 1.807) is 13.8 Å². The molecule has 27 heteroatoms. The zero-order chi connectivity index (χ0) is 53.2. The van der Waals surface area contributed by atoms with Gasteiger partial charge in [0.05, 0.1) is 12.6 Å². The van der Waals surface area contributed by atoms with Crippen molar-refractivity contribution in [1.82, 2.24) is 42.5 Å². The van der Waals surface area contributed by atoms with E-state index >= 15 is 0 Å². The fraction of sp³-hybridized carbons (Fsp3) is 0.628. The van der Waals surface area contributed by atoms with Gasteiger partial charge in [-0.25, -0.2) is 4.79 Å². The number of carboxylic acid groups (broad SMARTS) is 1. The van der Waals surface area contributed by atoms with Gasteiger partial charge >= 0.3 is 5.97 Å². The second-order valence-corrected chi connectivity index (χ2v) is 17.9. The number of hydrogen-bond acceptors (Lipinski definition) is 17. The van der Waals surface area contributed by atoms with Gasteiger partial charge in [0.1, 0.15) is 54.3 Å². The number of nitrogens with two attached hydrogens (primary N) is 5. The van der Waals surface area contributed by atoms with Crippen molar-refractivity contribution in [3.05, 3.63) is 29.8 Å². The van der Waals surface area contributed by atoms with Crippen molar-refractivity contribution in [3.8, 4) is 5.75 Å². The number of hydrogen-bond donors (Lipinski definition) is 17. The van der Waals surface area contributed by atoms with Crippen LogP contribution in [0.25, 0.3) is 0 Å². The predicted octanol–water partition coefficient (Wildman–Crippen LogP) is -5.14. The normalized spacial score (nSPS) is 14.7. The number of amides is 9. The van der Waals surface area contributed by atoms with Crippen molar-refractivity contribution in [2.24, 2.45) is 40.5 Å². The van der Waals surface area contributed by atoms with Crippen molar-refractivity contribution in [1.29, 1.82) is 0 Å². The number of carboxylic acids is 1. The second kappa shape index (κ2) is 31.9. The molecule has 1 rings (SSSR count). The molecule has 9 amide bonds. The third-order valence-electron chi connectivity index (χ3n) is 10.3. The minimum atomic E-state index is -1.56. The third kappa shape index (κ3) is 24.4. The number of carbonyl (C=O) groups is 10. The van der Waals surface area contributed by atoms with Gasteiger partial charge in [-0.2, -0.15) is 12.6 Å². The van der Waals surface area contributed by atoms with Crippen molar-refractivity contribution < 1.29 is 63.3 Å². The molecule has 70 heavy (non-hydrogen) atoms. The second-order valence-electron chi connectivity index (χ2n) is 17.5. The summed E-state index contributed by atoms with van der Waals surface area (Å²) in [4.78, 5) is 131. The highest BCUT2D eigenvalue weighted by Crippen LogP contribution is 2.14. The maximum atomic E-state index is 14.2. The molecule has 394 valence electrons. The van der Waals surface area contributed by atoms with E-state index in [2.05, 4.69) is 55.2 Å². The Bertz CT molecular complexity index is 1930. The molecule has 0 aliphatic heterocycles. The standard InChI is InChI=1S/C43H73N13O13S/c1-21(2)16-25(44)35(61)55-31(19-57)40(66)56-32(20-70)41(67)51-27(12-14-34(46)60)37(63)53-29(17-22(3)4)38(64)54-30(18-23-7-9-24(58)10-8-23)39(65)50-26(11-13-33(45)59)36(62)52-28(42(68)69)6-5-15-49-43(47)48/h7-10,21-22,25-32,43,49,57-58,70H,5-6,11-20,44,47-48H2,1-4H3,(H2,45,59)(H2,46,60)(H,50,65)(H,51,67)(H,52,62)(H,53,63)(H,54,64)(H,55,61)(H,56,66)(H,68,69)/t25-,26-,27-,28-,29-,30-,31-,32-/m0/s1. The van der Waals surface area contributed by atoms with Gasteiger partial charge in [-0.15, -0.1) is 0 Å². The minimum absolute atomic E-state index is 0.0421. The average molecular weight is 1010 g/mol. The number of carbonyl (C=O) groups excluding carboxylic acids is 9. The summed E-state index contributed by atoms with van der Waals surface area (Å²) in [5, 5.41) is 49.3. The van der Waals surface area contributed by atoms with Gasteiger partial charge in [0.15, 0.2) is 0 Å². The summed E-state index contributed by atoms with van der Waals surface area (Å²) in [5.74, 6) is -10.4. The molecule has 21 N–H and O–H groups in total. The Morgan fingerprint density at radius 3 is 1.43 bits per heavy atom. The molecule has 0 heterocycles. The molecule has 8 atom stereocenters. The Balaban J connectivity index is 3.48. The Morgan fingerprint density at radius 1 is 0.557 bits per heavy atom. The molecule has 0 saturated heterocycles. The summed E-state index contributed by atoms with van der Waals surface area (Å²) < 4.78 is 0. The van der Waals surface area contributed by atoms with E-state index in [1.807, 2.05) is 13.8 Å². The molecular formula is C43H73N13O13S. The molecule has 0 saturated carbocycles. The van der Waals surface area contributed by atoms with E-state index in [1.165, 1.54) is 24.3 Å². The van der Waals surface area contributed by atoms with E-state index in [0.29, 0.717) is 5.56 Å².